The molecule has 6 nitrogen and oxygen atoms in total. The third-order valence-corrected chi connectivity index (χ3v) is 7.29. The number of benzene rings is 3. The van der Waals surface area contributed by atoms with Crippen LogP contribution in [0.15, 0.2) is 77.7 Å². The molecule has 34 heavy (non-hydrogen) atoms. The van der Waals surface area contributed by atoms with Gasteiger partial charge in [-0.25, -0.2) is 0 Å². The molecule has 2 amide bonds. The Morgan fingerprint density at radius 3 is 2.47 bits per heavy atom. The lowest BCUT2D eigenvalue weighted by molar-refractivity contribution is -0.115. The van der Waals surface area contributed by atoms with E-state index >= 15 is 0 Å². The Morgan fingerprint density at radius 2 is 1.71 bits per heavy atom. The lowest BCUT2D eigenvalue weighted by Crippen LogP contribution is -2.45. The highest BCUT2D eigenvalue weighted by Crippen LogP contribution is 2.31. The number of amides is 2. The van der Waals surface area contributed by atoms with E-state index in [1.807, 2.05) is 24.3 Å². The molecule has 7 heteroatoms. The van der Waals surface area contributed by atoms with Crippen LogP contribution in [0.1, 0.15) is 22.3 Å². The van der Waals surface area contributed by atoms with E-state index < -0.39 is 0 Å². The van der Waals surface area contributed by atoms with E-state index in [0.29, 0.717) is 17.7 Å². The number of thioether (sulfide) groups is 1. The van der Waals surface area contributed by atoms with Gasteiger partial charge in [-0.15, -0.1) is 11.8 Å². The maximum atomic E-state index is 12.8. The van der Waals surface area contributed by atoms with Gasteiger partial charge in [-0.05, 0) is 48.0 Å². The zero-order chi connectivity index (χ0) is 23.3. The molecule has 0 aliphatic carbocycles. The first-order chi connectivity index (χ1) is 16.6. The Balaban J connectivity index is 1.17. The van der Waals surface area contributed by atoms with Gasteiger partial charge in [-0.1, -0.05) is 30.3 Å². The number of hydrogen-bond donors (Lipinski definition) is 2. The number of carbonyl (C=O) groups excluding carboxylic acids is 2. The number of hydrogen-bond acceptors (Lipinski definition) is 5. The molecule has 0 saturated carbocycles. The molecule has 2 heterocycles. The third-order valence-electron chi connectivity index (χ3n) is 6.21. The topological polar surface area (TPSA) is 64.7 Å². The normalized spacial score (nSPS) is 16.4. The smallest absolute Gasteiger partial charge is 0.255 e. The van der Waals surface area contributed by atoms with E-state index in [-0.39, 0.29) is 11.8 Å². The first-order valence-corrected chi connectivity index (χ1v) is 12.6. The van der Waals surface area contributed by atoms with E-state index in [0.717, 1.165) is 49.1 Å². The Labute approximate surface area is 204 Å². The summed E-state index contributed by atoms with van der Waals surface area (Å²) in [5, 5.41) is 5.86. The Morgan fingerprint density at radius 1 is 0.941 bits per heavy atom. The van der Waals surface area contributed by atoms with Gasteiger partial charge in [0.25, 0.3) is 5.91 Å². The maximum absolute atomic E-state index is 12.8. The quantitative estimate of drug-likeness (QED) is 0.564. The average Bonchev–Trinajstić information content (AvgIpc) is 3.05. The molecule has 0 unspecified atom stereocenters. The van der Waals surface area contributed by atoms with Crippen LogP contribution >= 0.6 is 11.8 Å². The molecule has 5 rings (SSSR count). The third kappa shape index (κ3) is 5.43. The summed E-state index contributed by atoms with van der Waals surface area (Å²) in [6.07, 6.45) is 0.481. The van der Waals surface area contributed by atoms with Crippen LogP contribution in [-0.2, 0) is 11.3 Å². The SMILES string of the molecule is O=C1CCSc2ccc(C(=O)Nc3ccc(N4CCN(Cc5ccccc5)CC4)cc3)cc2N1. The molecular weight excluding hydrogens is 444 g/mol. The molecular formula is C27H28N4O2S. The Hall–Kier alpha value is -3.29. The van der Waals surface area contributed by atoms with Crippen LogP contribution in [0, 0.1) is 0 Å². The van der Waals surface area contributed by atoms with Gasteiger partial charge in [0.15, 0.2) is 0 Å². The van der Waals surface area contributed by atoms with E-state index in [1.54, 1.807) is 17.8 Å². The molecule has 2 aliphatic heterocycles. The standard InChI is InChI=1S/C27H28N4O2S/c32-26-12-17-34-25-11-6-21(18-24(25)29-26)27(33)28-22-7-9-23(10-8-22)31-15-13-30(14-16-31)19-20-4-2-1-3-5-20/h1-11,18H,12-17,19H2,(H,28,33)(H,29,32). The number of carbonyl (C=O) groups is 2. The van der Waals surface area contributed by atoms with Gasteiger partial charge in [0, 0.05) is 66.7 Å². The zero-order valence-electron chi connectivity index (χ0n) is 19.0. The minimum Gasteiger partial charge on any atom is -0.369 e. The Kier molecular flexibility index (Phi) is 6.83. The summed E-state index contributed by atoms with van der Waals surface area (Å²) in [7, 11) is 0. The molecule has 0 aromatic heterocycles. The van der Waals surface area contributed by atoms with Crippen molar-refractivity contribution in [2.75, 3.05) is 47.5 Å². The van der Waals surface area contributed by atoms with Crippen LogP contribution in [0.4, 0.5) is 17.1 Å². The van der Waals surface area contributed by atoms with Crippen LogP contribution in [0.3, 0.4) is 0 Å². The van der Waals surface area contributed by atoms with Crippen molar-refractivity contribution >= 4 is 40.6 Å². The lowest BCUT2D eigenvalue weighted by atomic mass is 10.1. The maximum Gasteiger partial charge on any atom is 0.255 e. The molecule has 1 saturated heterocycles. The molecule has 0 radical (unpaired) electrons. The fourth-order valence-electron chi connectivity index (χ4n) is 4.33. The summed E-state index contributed by atoms with van der Waals surface area (Å²) in [5.41, 5.74) is 4.51. The van der Waals surface area contributed by atoms with E-state index in [9.17, 15) is 9.59 Å². The van der Waals surface area contributed by atoms with Crippen molar-refractivity contribution in [2.45, 2.75) is 17.9 Å². The van der Waals surface area contributed by atoms with Crippen LogP contribution < -0.4 is 15.5 Å². The summed E-state index contributed by atoms with van der Waals surface area (Å²) >= 11 is 1.63. The van der Waals surface area contributed by atoms with Gasteiger partial charge >= 0.3 is 0 Å². The van der Waals surface area contributed by atoms with Crippen molar-refractivity contribution < 1.29 is 9.59 Å². The van der Waals surface area contributed by atoms with Gasteiger partial charge in [0.2, 0.25) is 5.91 Å². The fourth-order valence-corrected chi connectivity index (χ4v) is 5.26. The summed E-state index contributed by atoms with van der Waals surface area (Å²) in [5.74, 6) is 0.549. The predicted molar refractivity (Wildman–Crippen MR) is 139 cm³/mol. The van der Waals surface area contributed by atoms with Crippen LogP contribution in [0.25, 0.3) is 0 Å². The second-order valence-electron chi connectivity index (χ2n) is 8.61. The van der Waals surface area contributed by atoms with E-state index in [4.69, 9.17) is 0 Å². The lowest BCUT2D eigenvalue weighted by Gasteiger charge is -2.36. The van der Waals surface area contributed by atoms with Crippen molar-refractivity contribution in [2.24, 2.45) is 0 Å². The highest BCUT2D eigenvalue weighted by molar-refractivity contribution is 7.99. The number of nitrogens with one attached hydrogen (secondary N) is 2. The van der Waals surface area contributed by atoms with Crippen molar-refractivity contribution in [3.05, 3.63) is 83.9 Å². The van der Waals surface area contributed by atoms with Crippen molar-refractivity contribution in [1.82, 2.24) is 4.90 Å². The number of nitrogens with zero attached hydrogens (tertiary/aromatic N) is 2. The van der Waals surface area contributed by atoms with Gasteiger partial charge in [0.05, 0.1) is 5.69 Å². The first-order valence-electron chi connectivity index (χ1n) is 11.6. The number of fused-ring (bicyclic) bond motifs is 1. The predicted octanol–water partition coefficient (Wildman–Crippen LogP) is 4.70. The first kappa shape index (κ1) is 22.5. The number of anilines is 3. The second-order valence-corrected chi connectivity index (χ2v) is 9.74. The van der Waals surface area contributed by atoms with E-state index in [2.05, 4.69) is 62.9 Å². The summed E-state index contributed by atoms with van der Waals surface area (Å²) < 4.78 is 0. The largest absolute Gasteiger partial charge is 0.369 e. The van der Waals surface area contributed by atoms with Gasteiger partial charge in [-0.3, -0.25) is 14.5 Å². The number of rotatable bonds is 5. The van der Waals surface area contributed by atoms with Gasteiger partial charge < -0.3 is 15.5 Å². The fraction of sp³-hybridized carbons (Fsp3) is 0.259. The molecule has 3 aromatic carbocycles. The monoisotopic (exact) mass is 472 g/mol. The molecule has 0 spiro atoms. The minimum absolute atomic E-state index is 0.0136. The molecule has 3 aromatic rings. The molecule has 0 atom stereocenters. The highest BCUT2D eigenvalue weighted by Gasteiger charge is 2.18. The molecule has 1 fully saturated rings. The number of piperazine rings is 1. The highest BCUT2D eigenvalue weighted by atomic mass is 32.2. The molecule has 174 valence electrons. The second kappa shape index (κ2) is 10.3. The van der Waals surface area contributed by atoms with Gasteiger partial charge in [-0.2, -0.15) is 0 Å². The van der Waals surface area contributed by atoms with Crippen LogP contribution in [0.5, 0.6) is 0 Å². The summed E-state index contributed by atoms with van der Waals surface area (Å²) in [4.78, 5) is 30.5. The van der Waals surface area contributed by atoms with Gasteiger partial charge in [0.1, 0.15) is 0 Å². The molecule has 2 aliphatic rings. The Bertz CT molecular complexity index is 1160. The van der Waals surface area contributed by atoms with Crippen molar-refractivity contribution in [3.63, 3.8) is 0 Å². The molecule has 0 bridgehead atoms. The van der Waals surface area contributed by atoms with E-state index in [1.165, 1.54) is 11.3 Å². The zero-order valence-corrected chi connectivity index (χ0v) is 19.8. The van der Waals surface area contributed by atoms with Crippen molar-refractivity contribution in [1.29, 1.82) is 0 Å². The summed E-state index contributed by atoms with van der Waals surface area (Å²) in [6.45, 7) is 5.01. The molecule has 2 N–H and O–H groups in total. The average molecular weight is 473 g/mol. The minimum atomic E-state index is -0.187. The van der Waals surface area contributed by atoms with Crippen LogP contribution in [-0.4, -0.2) is 48.6 Å². The van der Waals surface area contributed by atoms with Crippen LogP contribution in [0.2, 0.25) is 0 Å². The van der Waals surface area contributed by atoms with Crippen molar-refractivity contribution in [3.8, 4) is 0 Å². The summed E-state index contributed by atoms with van der Waals surface area (Å²) in [6, 6.07) is 24.1.